The summed E-state index contributed by atoms with van der Waals surface area (Å²) < 4.78 is 6.97. The van der Waals surface area contributed by atoms with Crippen molar-refractivity contribution < 1.29 is 9.53 Å². The topological polar surface area (TPSA) is 57.0 Å². The van der Waals surface area contributed by atoms with E-state index in [0.29, 0.717) is 29.2 Å². The number of thioether (sulfide) groups is 1. The van der Waals surface area contributed by atoms with Gasteiger partial charge in [0.25, 0.3) is 0 Å². The third-order valence-electron chi connectivity index (χ3n) is 3.64. The molecule has 0 radical (unpaired) electrons. The van der Waals surface area contributed by atoms with Gasteiger partial charge in [-0.15, -0.1) is 10.2 Å². The number of rotatable bonds is 7. The number of carbonyl (C=O) groups excluding carboxylic acids is 1. The van der Waals surface area contributed by atoms with E-state index in [4.69, 9.17) is 16.3 Å². The highest BCUT2D eigenvalue weighted by molar-refractivity contribution is 7.99. The lowest BCUT2D eigenvalue weighted by Gasteiger charge is -2.11. The highest BCUT2D eigenvalue weighted by Crippen LogP contribution is 2.30. The molecule has 3 rings (SSSR count). The molecule has 1 heterocycles. The van der Waals surface area contributed by atoms with Gasteiger partial charge < -0.3 is 4.74 Å². The van der Waals surface area contributed by atoms with Crippen molar-refractivity contribution in [2.24, 2.45) is 0 Å². The lowest BCUT2D eigenvalue weighted by Crippen LogP contribution is -2.09. The minimum Gasteiger partial charge on any atom is -0.465 e. The van der Waals surface area contributed by atoms with Crippen LogP contribution in [-0.4, -0.2) is 33.1 Å². The second-order valence-electron chi connectivity index (χ2n) is 5.45. The molecule has 0 aliphatic carbocycles. The maximum Gasteiger partial charge on any atom is 0.316 e. The van der Waals surface area contributed by atoms with E-state index < -0.39 is 0 Å². The zero-order valence-electron chi connectivity index (χ0n) is 14.3. The molecule has 0 saturated heterocycles. The number of ether oxygens (including phenoxy) is 1. The van der Waals surface area contributed by atoms with Crippen molar-refractivity contribution in [2.45, 2.75) is 18.6 Å². The van der Waals surface area contributed by atoms with Crippen LogP contribution in [0.15, 0.2) is 59.8 Å². The molecule has 0 spiro atoms. The number of benzene rings is 2. The van der Waals surface area contributed by atoms with Crippen LogP contribution in [0.1, 0.15) is 12.5 Å². The molecule has 5 nitrogen and oxygen atoms in total. The fourth-order valence-electron chi connectivity index (χ4n) is 2.47. The molecule has 0 atom stereocenters. The van der Waals surface area contributed by atoms with Gasteiger partial charge in [-0.1, -0.05) is 65.8 Å². The normalized spacial score (nSPS) is 10.7. The van der Waals surface area contributed by atoms with Crippen LogP contribution in [0, 0.1) is 0 Å². The smallest absolute Gasteiger partial charge is 0.316 e. The standard InChI is InChI=1S/C19H18ClN3O2S/c1-2-25-17(24)13-26-19-22-21-18(15-10-6-7-11-16(15)20)23(19)12-14-8-4-3-5-9-14/h3-11H,2,12-13H2,1H3. The fourth-order valence-corrected chi connectivity index (χ4v) is 3.43. The number of halogens is 1. The molecule has 7 heteroatoms. The Morgan fingerprint density at radius 2 is 1.85 bits per heavy atom. The largest absolute Gasteiger partial charge is 0.465 e. The molecule has 0 saturated carbocycles. The predicted molar refractivity (Wildman–Crippen MR) is 103 cm³/mol. The first-order valence-corrected chi connectivity index (χ1v) is 9.56. The van der Waals surface area contributed by atoms with Crippen molar-refractivity contribution in [2.75, 3.05) is 12.4 Å². The monoisotopic (exact) mass is 387 g/mol. The molecular formula is C19H18ClN3O2S. The Kier molecular flexibility index (Phi) is 6.30. The summed E-state index contributed by atoms with van der Waals surface area (Å²) in [6.07, 6.45) is 0. The Balaban J connectivity index is 1.94. The van der Waals surface area contributed by atoms with Gasteiger partial charge in [-0.3, -0.25) is 9.36 Å². The van der Waals surface area contributed by atoms with Crippen molar-refractivity contribution in [3.05, 3.63) is 65.2 Å². The first kappa shape index (κ1) is 18.5. The molecule has 0 amide bonds. The number of esters is 1. The Hall–Kier alpha value is -2.31. The van der Waals surface area contributed by atoms with E-state index in [1.165, 1.54) is 11.8 Å². The summed E-state index contributed by atoms with van der Waals surface area (Å²) >= 11 is 7.66. The molecule has 0 bridgehead atoms. The van der Waals surface area contributed by atoms with Gasteiger partial charge >= 0.3 is 5.97 Å². The molecule has 0 aliphatic rings. The minimum absolute atomic E-state index is 0.184. The molecule has 3 aromatic rings. The minimum atomic E-state index is -0.272. The second-order valence-corrected chi connectivity index (χ2v) is 6.80. The fraction of sp³-hybridized carbons (Fsp3) is 0.211. The van der Waals surface area contributed by atoms with E-state index >= 15 is 0 Å². The first-order chi connectivity index (χ1) is 12.7. The summed E-state index contributed by atoms with van der Waals surface area (Å²) in [5.74, 6) is 0.584. The molecular weight excluding hydrogens is 370 g/mol. The lowest BCUT2D eigenvalue weighted by atomic mass is 10.2. The van der Waals surface area contributed by atoms with Gasteiger partial charge in [-0.2, -0.15) is 0 Å². The maximum absolute atomic E-state index is 11.7. The predicted octanol–water partition coefficient (Wildman–Crippen LogP) is 4.30. The molecule has 0 aliphatic heterocycles. The molecule has 1 aromatic heterocycles. The van der Waals surface area contributed by atoms with E-state index in [2.05, 4.69) is 10.2 Å². The van der Waals surface area contributed by atoms with E-state index in [1.54, 1.807) is 6.92 Å². The third kappa shape index (κ3) is 4.45. The number of carbonyl (C=O) groups is 1. The summed E-state index contributed by atoms with van der Waals surface area (Å²) in [6.45, 7) is 2.73. The van der Waals surface area contributed by atoms with Crippen LogP contribution in [0.5, 0.6) is 0 Å². The van der Waals surface area contributed by atoms with Crippen LogP contribution in [0.3, 0.4) is 0 Å². The van der Waals surface area contributed by atoms with Gasteiger partial charge in [0, 0.05) is 5.56 Å². The van der Waals surface area contributed by atoms with E-state index in [1.807, 2.05) is 59.2 Å². The van der Waals surface area contributed by atoms with Crippen LogP contribution < -0.4 is 0 Å². The molecule has 26 heavy (non-hydrogen) atoms. The first-order valence-electron chi connectivity index (χ1n) is 8.19. The molecule has 0 unspecified atom stereocenters. The van der Waals surface area contributed by atoms with Gasteiger partial charge in [0.15, 0.2) is 11.0 Å². The number of hydrogen-bond acceptors (Lipinski definition) is 5. The van der Waals surface area contributed by atoms with Gasteiger partial charge in [-0.25, -0.2) is 0 Å². The van der Waals surface area contributed by atoms with Crippen molar-refractivity contribution >= 4 is 29.3 Å². The summed E-state index contributed by atoms with van der Waals surface area (Å²) in [7, 11) is 0. The summed E-state index contributed by atoms with van der Waals surface area (Å²) in [6, 6.07) is 17.5. The van der Waals surface area contributed by atoms with Crippen LogP contribution in [0.25, 0.3) is 11.4 Å². The van der Waals surface area contributed by atoms with Crippen LogP contribution >= 0.6 is 23.4 Å². The van der Waals surface area contributed by atoms with Gasteiger partial charge in [0.2, 0.25) is 0 Å². The Morgan fingerprint density at radius 3 is 2.58 bits per heavy atom. The maximum atomic E-state index is 11.7. The number of nitrogens with zero attached hydrogens (tertiary/aromatic N) is 3. The average molecular weight is 388 g/mol. The van der Waals surface area contributed by atoms with E-state index in [0.717, 1.165) is 11.1 Å². The number of hydrogen-bond donors (Lipinski definition) is 0. The zero-order chi connectivity index (χ0) is 18.4. The quantitative estimate of drug-likeness (QED) is 0.447. The lowest BCUT2D eigenvalue weighted by molar-refractivity contribution is -0.139. The second kappa shape index (κ2) is 8.87. The molecule has 134 valence electrons. The summed E-state index contributed by atoms with van der Waals surface area (Å²) in [5.41, 5.74) is 1.92. The Morgan fingerprint density at radius 1 is 1.12 bits per heavy atom. The summed E-state index contributed by atoms with van der Waals surface area (Å²) in [5, 5.41) is 9.85. The SMILES string of the molecule is CCOC(=O)CSc1nnc(-c2ccccc2Cl)n1Cc1ccccc1. The highest BCUT2D eigenvalue weighted by Gasteiger charge is 2.18. The molecule has 0 fully saturated rings. The Bertz CT molecular complexity index is 884. The van der Waals surface area contributed by atoms with Crippen molar-refractivity contribution in [1.29, 1.82) is 0 Å². The average Bonchev–Trinajstić information content (AvgIpc) is 3.04. The van der Waals surface area contributed by atoms with Crippen molar-refractivity contribution in [1.82, 2.24) is 14.8 Å². The summed E-state index contributed by atoms with van der Waals surface area (Å²) in [4.78, 5) is 11.7. The van der Waals surface area contributed by atoms with E-state index in [-0.39, 0.29) is 11.7 Å². The number of aromatic nitrogens is 3. The van der Waals surface area contributed by atoms with Gasteiger partial charge in [0.05, 0.1) is 23.9 Å². The van der Waals surface area contributed by atoms with E-state index in [9.17, 15) is 4.79 Å². The van der Waals surface area contributed by atoms with Crippen molar-refractivity contribution in [3.63, 3.8) is 0 Å². The zero-order valence-corrected chi connectivity index (χ0v) is 15.8. The Labute approximate surface area is 161 Å². The molecule has 0 N–H and O–H groups in total. The molecule has 2 aromatic carbocycles. The van der Waals surface area contributed by atoms with Crippen LogP contribution in [0.2, 0.25) is 5.02 Å². The van der Waals surface area contributed by atoms with Crippen LogP contribution in [-0.2, 0) is 16.1 Å². The van der Waals surface area contributed by atoms with Gasteiger partial charge in [-0.05, 0) is 24.6 Å². The van der Waals surface area contributed by atoms with Crippen molar-refractivity contribution in [3.8, 4) is 11.4 Å². The van der Waals surface area contributed by atoms with Crippen LogP contribution in [0.4, 0.5) is 0 Å². The van der Waals surface area contributed by atoms with Gasteiger partial charge in [0.1, 0.15) is 0 Å². The third-order valence-corrected chi connectivity index (χ3v) is 4.91. The highest BCUT2D eigenvalue weighted by atomic mass is 35.5.